The van der Waals surface area contributed by atoms with Crippen molar-refractivity contribution in [3.63, 3.8) is 0 Å². The highest BCUT2D eigenvalue weighted by Crippen LogP contribution is 2.29. The third kappa shape index (κ3) is 3.24. The minimum atomic E-state index is -0.306. The van der Waals surface area contributed by atoms with Gasteiger partial charge in [-0.3, -0.25) is 4.79 Å². The third-order valence-electron chi connectivity index (χ3n) is 3.12. The predicted octanol–water partition coefficient (Wildman–Crippen LogP) is 1.24. The molecule has 1 unspecified atom stereocenters. The molecule has 5 nitrogen and oxygen atoms in total. The van der Waals surface area contributed by atoms with Gasteiger partial charge in [-0.1, -0.05) is 6.07 Å². The van der Waals surface area contributed by atoms with Crippen LogP contribution in [0.5, 0.6) is 5.75 Å². The SMILES string of the molecule is COc1c(C)cc(C)cc1NC(=O)C1COCCN1. The molecule has 0 aromatic heterocycles. The number of methoxy groups -OCH3 is 1. The first-order chi connectivity index (χ1) is 9.11. The quantitative estimate of drug-likeness (QED) is 0.862. The van der Waals surface area contributed by atoms with Crippen LogP contribution in [0, 0.1) is 13.8 Å². The average molecular weight is 264 g/mol. The number of anilines is 1. The molecule has 5 heteroatoms. The molecule has 0 saturated carbocycles. The zero-order valence-corrected chi connectivity index (χ0v) is 11.6. The Morgan fingerprint density at radius 2 is 2.26 bits per heavy atom. The highest BCUT2D eigenvalue weighted by atomic mass is 16.5. The molecule has 1 aliphatic rings. The fourth-order valence-electron chi connectivity index (χ4n) is 2.27. The van der Waals surface area contributed by atoms with E-state index >= 15 is 0 Å². The van der Waals surface area contributed by atoms with Crippen molar-refractivity contribution in [2.24, 2.45) is 0 Å². The van der Waals surface area contributed by atoms with Crippen molar-refractivity contribution in [3.05, 3.63) is 23.3 Å². The number of morpholine rings is 1. The molecule has 2 N–H and O–H groups in total. The number of hydrogen-bond acceptors (Lipinski definition) is 4. The van der Waals surface area contributed by atoms with Crippen LogP contribution < -0.4 is 15.4 Å². The Kier molecular flexibility index (Phi) is 4.39. The smallest absolute Gasteiger partial charge is 0.244 e. The van der Waals surface area contributed by atoms with Gasteiger partial charge in [0.1, 0.15) is 11.8 Å². The molecule has 0 spiro atoms. The van der Waals surface area contributed by atoms with Gasteiger partial charge in [-0.2, -0.15) is 0 Å². The van der Waals surface area contributed by atoms with Crippen molar-refractivity contribution in [1.29, 1.82) is 0 Å². The van der Waals surface area contributed by atoms with Crippen molar-refractivity contribution in [1.82, 2.24) is 5.32 Å². The molecular weight excluding hydrogens is 244 g/mol. The second kappa shape index (κ2) is 6.04. The number of rotatable bonds is 3. The monoisotopic (exact) mass is 264 g/mol. The molecule has 19 heavy (non-hydrogen) atoms. The summed E-state index contributed by atoms with van der Waals surface area (Å²) in [7, 11) is 1.61. The highest BCUT2D eigenvalue weighted by Gasteiger charge is 2.22. The van der Waals surface area contributed by atoms with Crippen molar-refractivity contribution < 1.29 is 14.3 Å². The Hall–Kier alpha value is -1.59. The Morgan fingerprint density at radius 1 is 1.47 bits per heavy atom. The molecule has 1 fully saturated rings. The van der Waals surface area contributed by atoms with Crippen molar-refractivity contribution in [3.8, 4) is 5.75 Å². The topological polar surface area (TPSA) is 59.6 Å². The van der Waals surface area contributed by atoms with Crippen LogP contribution in [0.15, 0.2) is 12.1 Å². The molecule has 1 atom stereocenters. The average Bonchev–Trinajstić information content (AvgIpc) is 2.39. The van der Waals surface area contributed by atoms with Crippen LogP contribution in [-0.2, 0) is 9.53 Å². The molecule has 1 aromatic carbocycles. The molecule has 1 aromatic rings. The molecule has 2 rings (SSSR count). The molecule has 1 saturated heterocycles. The highest BCUT2D eigenvalue weighted by molar-refractivity contribution is 5.96. The summed E-state index contributed by atoms with van der Waals surface area (Å²) in [5, 5.41) is 6.03. The summed E-state index contributed by atoms with van der Waals surface area (Å²) in [5.41, 5.74) is 2.80. The van der Waals surface area contributed by atoms with Gasteiger partial charge in [0, 0.05) is 6.54 Å². The van der Waals surface area contributed by atoms with Gasteiger partial charge in [0.25, 0.3) is 0 Å². The first kappa shape index (κ1) is 13.8. The van der Waals surface area contributed by atoms with E-state index in [4.69, 9.17) is 9.47 Å². The summed E-state index contributed by atoms with van der Waals surface area (Å²) in [4.78, 5) is 12.1. The number of aryl methyl sites for hydroxylation is 2. The number of carbonyl (C=O) groups is 1. The normalized spacial score (nSPS) is 19.0. The number of hydrogen-bond donors (Lipinski definition) is 2. The molecule has 104 valence electrons. The van der Waals surface area contributed by atoms with Crippen LogP contribution in [0.3, 0.4) is 0 Å². The van der Waals surface area contributed by atoms with Crippen LogP contribution in [0.25, 0.3) is 0 Å². The molecule has 0 radical (unpaired) electrons. The Balaban J connectivity index is 2.15. The lowest BCUT2D eigenvalue weighted by Gasteiger charge is -2.23. The lowest BCUT2D eigenvalue weighted by Crippen LogP contribution is -2.48. The van der Waals surface area contributed by atoms with Gasteiger partial charge in [0.2, 0.25) is 5.91 Å². The fourth-order valence-corrected chi connectivity index (χ4v) is 2.27. The van der Waals surface area contributed by atoms with Crippen LogP contribution >= 0.6 is 0 Å². The van der Waals surface area contributed by atoms with E-state index < -0.39 is 0 Å². The van der Waals surface area contributed by atoms with Crippen molar-refractivity contribution in [2.45, 2.75) is 19.9 Å². The van der Waals surface area contributed by atoms with E-state index in [1.807, 2.05) is 26.0 Å². The number of nitrogens with one attached hydrogen (secondary N) is 2. The van der Waals surface area contributed by atoms with E-state index in [2.05, 4.69) is 10.6 Å². The third-order valence-corrected chi connectivity index (χ3v) is 3.12. The molecular formula is C14H20N2O3. The van der Waals surface area contributed by atoms with E-state index in [0.29, 0.717) is 31.2 Å². The Morgan fingerprint density at radius 3 is 2.89 bits per heavy atom. The van der Waals surface area contributed by atoms with Gasteiger partial charge < -0.3 is 20.1 Å². The summed E-state index contributed by atoms with van der Waals surface area (Å²) in [6.45, 7) is 5.70. The van der Waals surface area contributed by atoms with Gasteiger partial charge in [-0.25, -0.2) is 0 Å². The summed E-state index contributed by atoms with van der Waals surface area (Å²) >= 11 is 0. The summed E-state index contributed by atoms with van der Waals surface area (Å²) in [5.74, 6) is 0.610. The molecule has 0 aliphatic carbocycles. The molecule has 1 aliphatic heterocycles. The summed E-state index contributed by atoms with van der Waals surface area (Å²) in [6.07, 6.45) is 0. The minimum Gasteiger partial charge on any atom is -0.494 e. The standard InChI is InChI=1S/C14H20N2O3/c1-9-6-10(2)13(18-3)11(7-9)16-14(17)12-8-19-5-4-15-12/h6-7,12,15H,4-5,8H2,1-3H3,(H,16,17). The van der Waals surface area contributed by atoms with Gasteiger partial charge in [0.15, 0.2) is 0 Å². The van der Waals surface area contributed by atoms with Gasteiger partial charge in [0.05, 0.1) is 26.0 Å². The second-order valence-electron chi connectivity index (χ2n) is 4.73. The Bertz CT molecular complexity index is 468. The van der Waals surface area contributed by atoms with Crippen LogP contribution in [0.1, 0.15) is 11.1 Å². The second-order valence-corrected chi connectivity index (χ2v) is 4.73. The number of benzene rings is 1. The number of amides is 1. The van der Waals surface area contributed by atoms with Crippen LogP contribution in [0.4, 0.5) is 5.69 Å². The zero-order chi connectivity index (χ0) is 13.8. The Labute approximate surface area is 113 Å². The summed E-state index contributed by atoms with van der Waals surface area (Å²) in [6, 6.07) is 3.63. The largest absolute Gasteiger partial charge is 0.494 e. The van der Waals surface area contributed by atoms with Gasteiger partial charge in [-0.05, 0) is 31.0 Å². The van der Waals surface area contributed by atoms with Crippen molar-refractivity contribution >= 4 is 11.6 Å². The predicted molar refractivity (Wildman–Crippen MR) is 73.7 cm³/mol. The van der Waals surface area contributed by atoms with E-state index in [1.54, 1.807) is 7.11 Å². The van der Waals surface area contributed by atoms with Gasteiger partial charge >= 0.3 is 0 Å². The zero-order valence-electron chi connectivity index (χ0n) is 11.6. The molecule has 1 heterocycles. The van der Waals surface area contributed by atoms with E-state index in [-0.39, 0.29) is 11.9 Å². The molecule has 1 amide bonds. The van der Waals surface area contributed by atoms with E-state index in [9.17, 15) is 4.79 Å². The van der Waals surface area contributed by atoms with Crippen LogP contribution in [0.2, 0.25) is 0 Å². The lowest BCUT2D eigenvalue weighted by atomic mass is 10.1. The maximum Gasteiger partial charge on any atom is 0.244 e. The fraction of sp³-hybridized carbons (Fsp3) is 0.500. The first-order valence-corrected chi connectivity index (χ1v) is 6.39. The lowest BCUT2D eigenvalue weighted by molar-refractivity contribution is -0.120. The maximum absolute atomic E-state index is 12.1. The summed E-state index contributed by atoms with van der Waals surface area (Å²) < 4.78 is 10.6. The van der Waals surface area contributed by atoms with E-state index in [1.165, 1.54) is 0 Å². The van der Waals surface area contributed by atoms with Crippen LogP contribution in [-0.4, -0.2) is 38.8 Å². The van der Waals surface area contributed by atoms with E-state index in [0.717, 1.165) is 11.1 Å². The first-order valence-electron chi connectivity index (χ1n) is 6.39. The molecule has 0 bridgehead atoms. The minimum absolute atomic E-state index is 0.0944. The van der Waals surface area contributed by atoms with Crippen molar-refractivity contribution in [2.75, 3.05) is 32.2 Å². The number of carbonyl (C=O) groups excluding carboxylic acids is 1. The number of ether oxygens (including phenoxy) is 2. The van der Waals surface area contributed by atoms with Gasteiger partial charge in [-0.15, -0.1) is 0 Å². The maximum atomic E-state index is 12.1.